The molecule has 0 spiro atoms. The lowest BCUT2D eigenvalue weighted by atomic mass is 9.87. The summed E-state index contributed by atoms with van der Waals surface area (Å²) in [6, 6.07) is 51.3. The second-order valence-corrected chi connectivity index (χ2v) is 14.8. The number of aromatic nitrogens is 3. The molecule has 8 rings (SSSR count). The maximum Gasteiger partial charge on any atom is 0.145 e. The number of fused-ring (bicyclic) bond motifs is 1. The normalized spacial score (nSPS) is 11.5. The van der Waals surface area contributed by atoms with E-state index < -0.39 is 0 Å². The van der Waals surface area contributed by atoms with Crippen LogP contribution >= 0.6 is 0 Å². The van der Waals surface area contributed by atoms with Crippen molar-refractivity contribution >= 4 is 11.0 Å². The van der Waals surface area contributed by atoms with E-state index in [0.29, 0.717) is 0 Å². The van der Waals surface area contributed by atoms with Gasteiger partial charge in [-0.3, -0.25) is 9.55 Å². The smallest absolute Gasteiger partial charge is 0.145 e. The van der Waals surface area contributed by atoms with E-state index in [1.807, 2.05) is 24.4 Å². The zero-order valence-corrected chi connectivity index (χ0v) is 31.8. The fourth-order valence-electron chi connectivity index (χ4n) is 7.25. The van der Waals surface area contributed by atoms with Gasteiger partial charge in [-0.25, -0.2) is 4.98 Å². The zero-order valence-electron chi connectivity index (χ0n) is 31.8. The van der Waals surface area contributed by atoms with Crippen molar-refractivity contribution in [2.75, 3.05) is 0 Å². The van der Waals surface area contributed by atoms with Crippen LogP contribution in [0.2, 0.25) is 0 Å². The van der Waals surface area contributed by atoms with Gasteiger partial charge in [-0.05, 0) is 125 Å². The minimum absolute atomic E-state index is 0.267. The Morgan fingerprint density at radius 3 is 1.70 bits per heavy atom. The van der Waals surface area contributed by atoms with Crippen molar-refractivity contribution in [1.29, 1.82) is 0 Å². The fourth-order valence-corrected chi connectivity index (χ4v) is 7.25. The SMILES string of the molecule is Cc1cnc(-c2cccc(Oc3cccc(-c4nc5ccccc5n4-c4c(C(C)C)cc(-c5ccc(-c6ccccc6)cc5)cc4C(C)C)c3)c2)cc1C. The topological polar surface area (TPSA) is 39.9 Å². The quantitative estimate of drug-likeness (QED) is 0.150. The number of aryl methyl sites for hydroxylation is 2. The molecule has 4 heteroatoms. The molecule has 0 amide bonds. The molecule has 0 atom stereocenters. The molecule has 0 radical (unpaired) electrons. The second-order valence-electron chi connectivity index (χ2n) is 14.8. The average Bonchev–Trinajstić information content (AvgIpc) is 3.58. The number of benzene rings is 6. The molecular weight excluding hydrogens is 659 g/mol. The molecule has 0 unspecified atom stereocenters. The highest BCUT2D eigenvalue weighted by Crippen LogP contribution is 2.41. The first kappa shape index (κ1) is 34.8. The standard InChI is InChI=1S/C50H45N3O/c1-32(2)44-29-41(38-24-22-37(23-25-38)36-14-8-7-9-15-36)30-45(33(3)4)49(44)53-48-21-11-10-20-46(48)52-50(53)40-17-13-19-43(28-40)54-42-18-12-16-39(27-42)47-26-34(5)35(6)31-51-47/h7-33H,1-6H3. The van der Waals surface area contributed by atoms with Gasteiger partial charge in [-0.2, -0.15) is 0 Å². The predicted molar refractivity (Wildman–Crippen MR) is 225 cm³/mol. The van der Waals surface area contributed by atoms with Gasteiger partial charge in [0.05, 0.1) is 22.4 Å². The molecule has 6 aromatic carbocycles. The number of nitrogens with zero attached hydrogens (tertiary/aromatic N) is 3. The number of hydrogen-bond acceptors (Lipinski definition) is 3. The van der Waals surface area contributed by atoms with Crippen LogP contribution in [0.25, 0.3) is 61.6 Å². The van der Waals surface area contributed by atoms with E-state index in [1.54, 1.807) is 0 Å². The highest BCUT2D eigenvalue weighted by atomic mass is 16.5. The second kappa shape index (κ2) is 14.6. The van der Waals surface area contributed by atoms with E-state index in [9.17, 15) is 0 Å². The van der Waals surface area contributed by atoms with E-state index >= 15 is 0 Å². The molecule has 0 aliphatic carbocycles. The molecular formula is C50H45N3O. The Kier molecular flexibility index (Phi) is 9.43. The van der Waals surface area contributed by atoms with Crippen molar-refractivity contribution in [2.45, 2.75) is 53.4 Å². The molecule has 0 N–H and O–H groups in total. The fraction of sp³-hybridized carbons (Fsp3) is 0.160. The third-order valence-electron chi connectivity index (χ3n) is 10.4. The Labute approximate surface area is 318 Å². The summed E-state index contributed by atoms with van der Waals surface area (Å²) in [4.78, 5) is 9.98. The summed E-state index contributed by atoms with van der Waals surface area (Å²) in [5, 5.41) is 0. The van der Waals surface area contributed by atoms with Gasteiger partial charge in [0.2, 0.25) is 0 Å². The molecule has 0 fully saturated rings. The van der Waals surface area contributed by atoms with Crippen LogP contribution in [-0.2, 0) is 0 Å². The van der Waals surface area contributed by atoms with Crippen molar-refractivity contribution in [3.8, 4) is 62.1 Å². The van der Waals surface area contributed by atoms with Gasteiger partial charge < -0.3 is 4.74 Å². The highest BCUT2D eigenvalue weighted by molar-refractivity contribution is 5.85. The lowest BCUT2D eigenvalue weighted by molar-refractivity contribution is 0.483. The van der Waals surface area contributed by atoms with Crippen molar-refractivity contribution in [2.24, 2.45) is 0 Å². The van der Waals surface area contributed by atoms with Crippen LogP contribution in [0.5, 0.6) is 11.5 Å². The van der Waals surface area contributed by atoms with Crippen LogP contribution in [0.1, 0.15) is 61.8 Å². The summed E-state index contributed by atoms with van der Waals surface area (Å²) in [6.45, 7) is 13.4. The molecule has 0 saturated carbocycles. The summed E-state index contributed by atoms with van der Waals surface area (Å²) in [5.41, 5.74) is 16.0. The van der Waals surface area contributed by atoms with Gasteiger partial charge >= 0.3 is 0 Å². The third kappa shape index (κ3) is 6.83. The Balaban J connectivity index is 1.22. The number of hydrogen-bond donors (Lipinski definition) is 0. The predicted octanol–water partition coefficient (Wildman–Crippen LogP) is 13.7. The molecule has 4 nitrogen and oxygen atoms in total. The van der Waals surface area contributed by atoms with Crippen molar-refractivity contribution in [1.82, 2.24) is 14.5 Å². The summed E-state index contributed by atoms with van der Waals surface area (Å²) in [6.07, 6.45) is 1.93. The van der Waals surface area contributed by atoms with Gasteiger partial charge in [0, 0.05) is 17.3 Å². The van der Waals surface area contributed by atoms with E-state index in [1.165, 1.54) is 50.2 Å². The molecule has 2 heterocycles. The van der Waals surface area contributed by atoms with E-state index in [-0.39, 0.29) is 11.8 Å². The first-order chi connectivity index (χ1) is 26.2. The lowest BCUT2D eigenvalue weighted by Crippen LogP contribution is -2.09. The van der Waals surface area contributed by atoms with Gasteiger partial charge in [0.1, 0.15) is 17.3 Å². The largest absolute Gasteiger partial charge is 0.457 e. The minimum Gasteiger partial charge on any atom is -0.457 e. The molecule has 2 aromatic heterocycles. The Hall–Kier alpha value is -6.26. The van der Waals surface area contributed by atoms with E-state index in [0.717, 1.165) is 45.2 Å². The van der Waals surface area contributed by atoms with Gasteiger partial charge in [-0.1, -0.05) is 119 Å². The molecule has 0 saturated heterocycles. The van der Waals surface area contributed by atoms with Crippen LogP contribution < -0.4 is 4.74 Å². The lowest BCUT2D eigenvalue weighted by Gasteiger charge is -2.24. The number of para-hydroxylation sites is 2. The summed E-state index contributed by atoms with van der Waals surface area (Å²) >= 11 is 0. The zero-order chi connectivity index (χ0) is 37.3. The first-order valence-corrected chi connectivity index (χ1v) is 18.9. The van der Waals surface area contributed by atoms with Gasteiger partial charge in [0.15, 0.2) is 0 Å². The van der Waals surface area contributed by atoms with Gasteiger partial charge in [-0.15, -0.1) is 0 Å². The molecule has 0 aliphatic rings. The third-order valence-corrected chi connectivity index (χ3v) is 10.4. The summed E-state index contributed by atoms with van der Waals surface area (Å²) in [7, 11) is 0. The molecule has 0 aliphatic heterocycles. The number of ether oxygens (including phenoxy) is 1. The highest BCUT2D eigenvalue weighted by Gasteiger charge is 2.24. The van der Waals surface area contributed by atoms with Crippen LogP contribution in [-0.4, -0.2) is 14.5 Å². The van der Waals surface area contributed by atoms with Crippen molar-refractivity contribution in [3.63, 3.8) is 0 Å². The van der Waals surface area contributed by atoms with Crippen LogP contribution in [0.3, 0.4) is 0 Å². The number of rotatable bonds is 9. The van der Waals surface area contributed by atoms with E-state index in [4.69, 9.17) is 9.72 Å². The Morgan fingerprint density at radius 2 is 1.06 bits per heavy atom. The Bertz CT molecular complexity index is 2570. The molecule has 8 aromatic rings. The van der Waals surface area contributed by atoms with Crippen LogP contribution in [0.15, 0.2) is 152 Å². The number of imidazole rings is 1. The average molecular weight is 704 g/mol. The van der Waals surface area contributed by atoms with Gasteiger partial charge in [0.25, 0.3) is 0 Å². The maximum absolute atomic E-state index is 6.54. The summed E-state index contributed by atoms with van der Waals surface area (Å²) < 4.78 is 8.92. The monoisotopic (exact) mass is 703 g/mol. The van der Waals surface area contributed by atoms with Crippen LogP contribution in [0, 0.1) is 13.8 Å². The van der Waals surface area contributed by atoms with Crippen molar-refractivity contribution in [3.05, 3.63) is 174 Å². The minimum atomic E-state index is 0.267. The maximum atomic E-state index is 6.54. The summed E-state index contributed by atoms with van der Waals surface area (Å²) in [5.74, 6) is 2.93. The first-order valence-electron chi connectivity index (χ1n) is 18.9. The number of pyridine rings is 1. The molecule has 54 heavy (non-hydrogen) atoms. The van der Waals surface area contributed by atoms with Crippen LogP contribution in [0.4, 0.5) is 0 Å². The van der Waals surface area contributed by atoms with E-state index in [2.05, 4.69) is 178 Å². The molecule has 0 bridgehead atoms. The molecule has 266 valence electrons. The van der Waals surface area contributed by atoms with Crippen molar-refractivity contribution < 1.29 is 4.74 Å². The Morgan fingerprint density at radius 1 is 0.500 bits per heavy atom.